The minimum atomic E-state index is -0.321. The fourth-order valence-corrected chi connectivity index (χ4v) is 3.29. The molecular formula is C22H22FN3O3. The van der Waals surface area contributed by atoms with Gasteiger partial charge in [-0.2, -0.15) is 5.10 Å². The first-order valence-electron chi connectivity index (χ1n) is 9.53. The normalized spacial score (nSPS) is 13.9. The summed E-state index contributed by atoms with van der Waals surface area (Å²) in [6.07, 6.45) is 1.68. The molecule has 1 atom stereocenters. The number of aromatic nitrogens is 2. The molecular weight excluding hydrogens is 373 g/mol. The smallest absolute Gasteiger partial charge is 0.272 e. The molecule has 4 rings (SSSR count). The number of hydrogen-bond donors (Lipinski definition) is 1. The average molecular weight is 395 g/mol. The highest BCUT2D eigenvalue weighted by Gasteiger charge is 2.23. The Morgan fingerprint density at radius 3 is 2.52 bits per heavy atom. The van der Waals surface area contributed by atoms with Crippen LogP contribution in [-0.4, -0.2) is 28.9 Å². The molecule has 2 heterocycles. The zero-order valence-electron chi connectivity index (χ0n) is 16.3. The van der Waals surface area contributed by atoms with Crippen LogP contribution in [0.1, 0.15) is 35.9 Å². The molecule has 1 aliphatic rings. The van der Waals surface area contributed by atoms with E-state index in [1.165, 1.54) is 12.1 Å². The Bertz CT molecular complexity index is 1010. The molecule has 6 nitrogen and oxygen atoms in total. The van der Waals surface area contributed by atoms with Crippen molar-refractivity contribution in [2.75, 3.05) is 13.2 Å². The Kier molecular flexibility index (Phi) is 5.20. The molecule has 7 heteroatoms. The third kappa shape index (κ3) is 4.08. The fraction of sp³-hybridized carbons (Fsp3) is 0.273. The van der Waals surface area contributed by atoms with Gasteiger partial charge in [0, 0.05) is 6.20 Å². The van der Waals surface area contributed by atoms with E-state index >= 15 is 0 Å². The summed E-state index contributed by atoms with van der Waals surface area (Å²) in [4.78, 5) is 12.8. The van der Waals surface area contributed by atoms with Gasteiger partial charge in [-0.15, -0.1) is 0 Å². The van der Waals surface area contributed by atoms with Gasteiger partial charge in [-0.25, -0.2) is 9.07 Å². The van der Waals surface area contributed by atoms with E-state index in [9.17, 15) is 9.18 Å². The minimum absolute atomic E-state index is 0.153. The van der Waals surface area contributed by atoms with Crippen molar-refractivity contribution in [3.05, 3.63) is 71.8 Å². The topological polar surface area (TPSA) is 65.4 Å². The molecule has 1 amide bonds. The van der Waals surface area contributed by atoms with Crippen molar-refractivity contribution in [1.82, 2.24) is 15.1 Å². The van der Waals surface area contributed by atoms with Crippen molar-refractivity contribution >= 4 is 5.91 Å². The van der Waals surface area contributed by atoms with E-state index in [-0.39, 0.29) is 29.4 Å². The Hall–Kier alpha value is -3.35. The van der Waals surface area contributed by atoms with Gasteiger partial charge in [0.15, 0.2) is 17.2 Å². The largest absolute Gasteiger partial charge is 0.486 e. The van der Waals surface area contributed by atoms with Crippen LogP contribution in [0.4, 0.5) is 4.39 Å². The molecule has 0 radical (unpaired) electrons. The van der Waals surface area contributed by atoms with E-state index in [0.717, 1.165) is 5.56 Å². The molecule has 0 unspecified atom stereocenters. The summed E-state index contributed by atoms with van der Waals surface area (Å²) >= 11 is 0. The third-order valence-corrected chi connectivity index (χ3v) is 4.79. The lowest BCUT2D eigenvalue weighted by Gasteiger charge is -2.25. The van der Waals surface area contributed by atoms with Crippen LogP contribution >= 0.6 is 0 Å². The van der Waals surface area contributed by atoms with E-state index in [1.807, 2.05) is 32.0 Å². The lowest BCUT2D eigenvalue weighted by Crippen LogP contribution is -2.32. The second kappa shape index (κ2) is 7.95. The molecule has 2 aromatic carbocycles. The van der Waals surface area contributed by atoms with Crippen LogP contribution in [0.15, 0.2) is 54.7 Å². The summed E-state index contributed by atoms with van der Waals surface area (Å²) in [5.74, 6) is 0.958. The number of benzene rings is 2. The molecule has 0 bridgehead atoms. The number of halogens is 1. The van der Waals surface area contributed by atoms with Gasteiger partial charge in [-0.3, -0.25) is 4.79 Å². The molecule has 1 aromatic heterocycles. The Morgan fingerprint density at radius 1 is 1.07 bits per heavy atom. The maximum atomic E-state index is 13.1. The first kappa shape index (κ1) is 19.0. The molecule has 1 N–H and O–H groups in total. The highest BCUT2D eigenvalue weighted by atomic mass is 19.1. The maximum absolute atomic E-state index is 13.1. The van der Waals surface area contributed by atoms with Gasteiger partial charge in [0.25, 0.3) is 5.91 Å². The molecule has 0 saturated carbocycles. The van der Waals surface area contributed by atoms with Gasteiger partial charge in [0.1, 0.15) is 19.0 Å². The van der Waals surface area contributed by atoms with Crippen LogP contribution in [0, 0.1) is 11.7 Å². The first-order valence-corrected chi connectivity index (χ1v) is 9.53. The summed E-state index contributed by atoms with van der Waals surface area (Å²) in [5.41, 5.74) is 1.91. The van der Waals surface area contributed by atoms with Crippen LogP contribution in [0.3, 0.4) is 0 Å². The van der Waals surface area contributed by atoms with Crippen LogP contribution < -0.4 is 14.8 Å². The molecule has 0 saturated heterocycles. The number of carbonyl (C=O) groups is 1. The number of nitrogens with one attached hydrogen (secondary N) is 1. The van der Waals surface area contributed by atoms with Crippen molar-refractivity contribution in [1.29, 1.82) is 0 Å². The van der Waals surface area contributed by atoms with Crippen molar-refractivity contribution in [2.45, 2.75) is 19.9 Å². The van der Waals surface area contributed by atoms with Gasteiger partial charge in [-0.1, -0.05) is 19.9 Å². The second-order valence-corrected chi connectivity index (χ2v) is 7.22. The van der Waals surface area contributed by atoms with Crippen molar-refractivity contribution in [3.8, 4) is 17.2 Å². The molecule has 29 heavy (non-hydrogen) atoms. The number of carbonyl (C=O) groups excluding carboxylic acids is 1. The lowest BCUT2D eigenvalue weighted by molar-refractivity contribution is 0.0919. The lowest BCUT2D eigenvalue weighted by atomic mass is 9.95. The predicted octanol–water partition coefficient (Wildman–Crippen LogP) is 3.91. The van der Waals surface area contributed by atoms with Crippen molar-refractivity contribution in [3.63, 3.8) is 0 Å². The number of hydrogen-bond acceptors (Lipinski definition) is 4. The predicted molar refractivity (Wildman–Crippen MR) is 106 cm³/mol. The molecule has 1 aliphatic heterocycles. The number of ether oxygens (including phenoxy) is 2. The zero-order valence-corrected chi connectivity index (χ0v) is 16.3. The fourth-order valence-electron chi connectivity index (χ4n) is 3.29. The molecule has 3 aromatic rings. The van der Waals surface area contributed by atoms with Gasteiger partial charge in [-0.05, 0) is 53.9 Å². The number of fused-ring (bicyclic) bond motifs is 1. The molecule has 0 spiro atoms. The highest BCUT2D eigenvalue weighted by Crippen LogP contribution is 2.34. The summed E-state index contributed by atoms with van der Waals surface area (Å²) in [7, 11) is 0. The average Bonchev–Trinajstić information content (AvgIpc) is 3.22. The van der Waals surface area contributed by atoms with Gasteiger partial charge >= 0.3 is 0 Å². The van der Waals surface area contributed by atoms with Crippen molar-refractivity contribution < 1.29 is 18.7 Å². The maximum Gasteiger partial charge on any atom is 0.272 e. The summed E-state index contributed by atoms with van der Waals surface area (Å²) in [5, 5.41) is 7.38. The Balaban J connectivity index is 1.53. The highest BCUT2D eigenvalue weighted by molar-refractivity contribution is 5.92. The summed E-state index contributed by atoms with van der Waals surface area (Å²) < 4.78 is 25.9. The van der Waals surface area contributed by atoms with Crippen LogP contribution in [0.2, 0.25) is 0 Å². The number of nitrogens with zero attached hydrogens (tertiary/aromatic N) is 2. The number of rotatable bonds is 5. The third-order valence-electron chi connectivity index (χ3n) is 4.79. The Labute approximate surface area is 168 Å². The quantitative estimate of drug-likeness (QED) is 0.711. The van der Waals surface area contributed by atoms with Crippen LogP contribution in [-0.2, 0) is 0 Å². The second-order valence-electron chi connectivity index (χ2n) is 7.22. The SMILES string of the molecule is CC(C)[C@H](NC(=O)c1ccn(-c2ccc(F)cc2)n1)c1ccc2c(c1)OCCO2. The van der Waals surface area contributed by atoms with Crippen molar-refractivity contribution in [2.24, 2.45) is 5.92 Å². The molecule has 0 fully saturated rings. The molecule has 150 valence electrons. The van der Waals surface area contributed by atoms with Gasteiger partial charge < -0.3 is 14.8 Å². The van der Waals surface area contributed by atoms with E-state index in [2.05, 4.69) is 10.4 Å². The Morgan fingerprint density at radius 2 is 1.79 bits per heavy atom. The standard InChI is InChI=1S/C22H22FN3O3/c1-14(2)21(15-3-8-19-20(13-15)29-12-11-28-19)24-22(27)18-9-10-26(25-18)17-6-4-16(23)5-7-17/h3-10,13-14,21H,11-12H2,1-2H3,(H,24,27)/t21-/m0/s1. The first-order chi connectivity index (χ1) is 14.0. The van der Waals surface area contributed by atoms with E-state index < -0.39 is 0 Å². The summed E-state index contributed by atoms with van der Waals surface area (Å²) in [6, 6.07) is 13.1. The van der Waals surface area contributed by atoms with E-state index in [1.54, 1.807) is 29.1 Å². The van der Waals surface area contributed by atoms with Gasteiger partial charge in [0.2, 0.25) is 0 Å². The molecule has 0 aliphatic carbocycles. The van der Waals surface area contributed by atoms with E-state index in [4.69, 9.17) is 9.47 Å². The number of amides is 1. The summed E-state index contributed by atoms with van der Waals surface area (Å²) in [6.45, 7) is 5.13. The van der Waals surface area contributed by atoms with E-state index in [0.29, 0.717) is 30.4 Å². The van der Waals surface area contributed by atoms with Gasteiger partial charge in [0.05, 0.1) is 11.7 Å². The van der Waals surface area contributed by atoms with Crippen LogP contribution in [0.5, 0.6) is 11.5 Å². The zero-order chi connectivity index (χ0) is 20.4. The van der Waals surface area contributed by atoms with Crippen LogP contribution in [0.25, 0.3) is 5.69 Å². The minimum Gasteiger partial charge on any atom is -0.486 e. The monoisotopic (exact) mass is 395 g/mol.